The number of carbonyl (C=O) groups is 1. The third kappa shape index (κ3) is 8.35. The van der Waals surface area contributed by atoms with Crippen molar-refractivity contribution in [2.24, 2.45) is 11.5 Å². The molecule has 1 heterocycles. The van der Waals surface area contributed by atoms with Crippen LogP contribution >= 0.6 is 37.2 Å². The first kappa shape index (κ1) is 33.2. The van der Waals surface area contributed by atoms with Crippen molar-refractivity contribution >= 4 is 66.0 Å². The Hall–Kier alpha value is -3.79. The van der Waals surface area contributed by atoms with E-state index < -0.39 is 6.09 Å². The number of rotatable bonds is 9. The zero-order valence-corrected chi connectivity index (χ0v) is 23.7. The van der Waals surface area contributed by atoms with Crippen molar-refractivity contribution in [2.45, 2.75) is 32.9 Å². The molecule has 0 aliphatic carbocycles. The molecule has 1 aromatic heterocycles. The van der Waals surface area contributed by atoms with E-state index in [2.05, 4.69) is 9.97 Å². The fraction of sp³-hybridized carbons (Fsp3) is 0.185. The van der Waals surface area contributed by atoms with E-state index in [9.17, 15) is 9.90 Å². The van der Waals surface area contributed by atoms with Crippen LogP contribution in [0, 0.1) is 17.7 Å². The summed E-state index contributed by atoms with van der Waals surface area (Å²) in [4.78, 5) is 21.1. The van der Waals surface area contributed by atoms with Crippen LogP contribution < -0.4 is 11.5 Å². The van der Waals surface area contributed by atoms with Crippen LogP contribution in [-0.2, 0) is 25.9 Å². The van der Waals surface area contributed by atoms with Gasteiger partial charge in [0.2, 0.25) is 0 Å². The van der Waals surface area contributed by atoms with Gasteiger partial charge in [-0.15, -0.1) is 37.2 Å². The van der Waals surface area contributed by atoms with Crippen molar-refractivity contribution in [3.63, 3.8) is 0 Å². The Balaban J connectivity index is 0.00000253. The number of aromatic nitrogens is 2. The highest BCUT2D eigenvalue weighted by Crippen LogP contribution is 2.21. The lowest BCUT2D eigenvalue weighted by Gasteiger charge is -2.22. The highest BCUT2D eigenvalue weighted by Gasteiger charge is 2.17. The van der Waals surface area contributed by atoms with Gasteiger partial charge >= 0.3 is 6.09 Å². The molecule has 12 heteroatoms. The second-order valence-corrected chi connectivity index (χ2v) is 8.82. The van der Waals surface area contributed by atoms with Gasteiger partial charge in [0.1, 0.15) is 17.5 Å². The molecule has 0 fully saturated rings. The Labute approximate surface area is 245 Å². The maximum Gasteiger partial charge on any atom is 0.407 e. The van der Waals surface area contributed by atoms with Gasteiger partial charge in [0.25, 0.3) is 0 Å². The minimum absolute atomic E-state index is 0. The smallest absolute Gasteiger partial charge is 0.407 e. The van der Waals surface area contributed by atoms with Gasteiger partial charge in [0, 0.05) is 24.2 Å². The number of hydrogen-bond acceptors (Lipinski definition) is 4. The van der Waals surface area contributed by atoms with Gasteiger partial charge in [0.05, 0.1) is 11.0 Å². The molecule has 1 amide bonds. The number of amides is 1. The van der Waals surface area contributed by atoms with Gasteiger partial charge in [0.15, 0.2) is 0 Å². The lowest BCUT2D eigenvalue weighted by Crippen LogP contribution is -2.29. The minimum atomic E-state index is -1.02. The van der Waals surface area contributed by atoms with Gasteiger partial charge in [-0.25, -0.2) is 9.78 Å². The lowest BCUT2D eigenvalue weighted by molar-refractivity contribution is 0.139. The molecule has 0 aliphatic rings. The molecule has 0 saturated carbocycles. The number of aromatic amines is 1. The minimum Gasteiger partial charge on any atom is -0.465 e. The molecular weight excluding hydrogens is 561 g/mol. The first-order valence-electron chi connectivity index (χ1n) is 11.5. The van der Waals surface area contributed by atoms with Crippen LogP contribution in [0.2, 0.25) is 0 Å². The Kier molecular flexibility index (Phi) is 12.3. The standard InChI is InChI=1S/C27H29N7O2.3ClH/c1-16-32-23-11-5-18(12-24(23)33-16)14-34(27(35)36)15-22-10-9-21(26(30)31)13-20(22)8-4-17-2-6-19(7-3-17)25(28)29;;;/h2-3,5-7,9-13H,4,8,14-15H2,1H3,(H3,28,29)(H3,30,31)(H,32,33)(H,35,36);3*1H. The van der Waals surface area contributed by atoms with Crippen LogP contribution in [0.5, 0.6) is 0 Å². The Morgan fingerprint density at radius 2 is 1.46 bits per heavy atom. The maximum absolute atomic E-state index is 12.2. The second kappa shape index (κ2) is 14.4. The number of nitrogens with zero attached hydrogens (tertiary/aromatic N) is 2. The third-order valence-electron chi connectivity index (χ3n) is 6.14. The van der Waals surface area contributed by atoms with E-state index in [0.29, 0.717) is 24.0 Å². The predicted molar refractivity (Wildman–Crippen MR) is 162 cm³/mol. The zero-order chi connectivity index (χ0) is 25.8. The van der Waals surface area contributed by atoms with Gasteiger partial charge < -0.3 is 21.6 Å². The summed E-state index contributed by atoms with van der Waals surface area (Å²) in [5.74, 6) is 0.795. The van der Waals surface area contributed by atoms with Crippen molar-refractivity contribution in [1.82, 2.24) is 14.9 Å². The zero-order valence-electron chi connectivity index (χ0n) is 21.2. The topological polar surface area (TPSA) is 169 Å². The van der Waals surface area contributed by atoms with Crippen molar-refractivity contribution in [3.05, 3.63) is 99.9 Å². The van der Waals surface area contributed by atoms with Gasteiger partial charge in [-0.1, -0.05) is 42.5 Å². The quantitative estimate of drug-likeness (QED) is 0.116. The SMILES string of the molecule is Cc1nc2ccc(CN(Cc3ccc(C(=N)N)cc3CCc3ccc(C(=N)N)cc3)C(=O)O)cc2[nH]1.Cl.Cl.Cl. The summed E-state index contributed by atoms with van der Waals surface area (Å²) in [6.45, 7) is 2.31. The molecule has 0 bridgehead atoms. The molecule has 208 valence electrons. The molecule has 8 N–H and O–H groups in total. The molecule has 4 rings (SSSR count). The Morgan fingerprint density at radius 3 is 2.08 bits per heavy atom. The number of benzene rings is 3. The number of nitrogens with two attached hydrogens (primary N) is 2. The predicted octanol–water partition coefficient (Wildman–Crippen LogP) is 5.17. The van der Waals surface area contributed by atoms with Crippen LogP contribution in [0.1, 0.15) is 39.2 Å². The number of nitrogens with one attached hydrogen (secondary N) is 3. The molecule has 0 spiro atoms. The number of carboxylic acid groups (broad SMARTS) is 1. The first-order chi connectivity index (χ1) is 17.2. The molecule has 39 heavy (non-hydrogen) atoms. The number of H-pyrrole nitrogens is 1. The van der Waals surface area contributed by atoms with Crippen molar-refractivity contribution in [2.75, 3.05) is 0 Å². The number of aryl methyl sites for hydroxylation is 3. The molecule has 0 aliphatic heterocycles. The number of amidine groups is 2. The number of fused-ring (bicyclic) bond motifs is 1. The monoisotopic (exact) mass is 591 g/mol. The van der Waals surface area contributed by atoms with Crippen LogP contribution in [-0.4, -0.2) is 37.7 Å². The van der Waals surface area contributed by atoms with E-state index in [-0.39, 0.29) is 62.0 Å². The van der Waals surface area contributed by atoms with E-state index in [1.807, 2.05) is 61.5 Å². The van der Waals surface area contributed by atoms with Crippen LogP contribution in [0.4, 0.5) is 4.79 Å². The summed E-state index contributed by atoms with van der Waals surface area (Å²) < 4.78 is 0. The van der Waals surface area contributed by atoms with Crippen LogP contribution in [0.25, 0.3) is 11.0 Å². The highest BCUT2D eigenvalue weighted by atomic mass is 35.5. The number of halogens is 3. The lowest BCUT2D eigenvalue weighted by atomic mass is 9.96. The van der Waals surface area contributed by atoms with Crippen LogP contribution in [0.15, 0.2) is 60.7 Å². The Morgan fingerprint density at radius 1 is 0.846 bits per heavy atom. The van der Waals surface area contributed by atoms with E-state index >= 15 is 0 Å². The summed E-state index contributed by atoms with van der Waals surface area (Å²) in [6, 6.07) is 18.7. The van der Waals surface area contributed by atoms with E-state index in [0.717, 1.165) is 39.1 Å². The second-order valence-electron chi connectivity index (χ2n) is 8.82. The van der Waals surface area contributed by atoms with E-state index in [1.54, 1.807) is 6.07 Å². The third-order valence-corrected chi connectivity index (χ3v) is 6.14. The molecule has 0 unspecified atom stereocenters. The molecule has 0 atom stereocenters. The summed E-state index contributed by atoms with van der Waals surface area (Å²) in [5.41, 5.74) is 18.0. The average Bonchev–Trinajstić information content (AvgIpc) is 3.22. The van der Waals surface area contributed by atoms with Gasteiger partial charge in [-0.3, -0.25) is 15.7 Å². The van der Waals surface area contributed by atoms with Crippen molar-refractivity contribution in [3.8, 4) is 0 Å². The number of nitrogen functional groups attached to an aromatic ring is 2. The summed E-state index contributed by atoms with van der Waals surface area (Å²) in [5, 5.41) is 25.3. The summed E-state index contributed by atoms with van der Waals surface area (Å²) in [6.07, 6.45) is 0.329. The fourth-order valence-electron chi connectivity index (χ4n) is 4.21. The molecule has 3 aromatic carbocycles. The number of hydrogen-bond donors (Lipinski definition) is 6. The van der Waals surface area contributed by atoms with Crippen molar-refractivity contribution < 1.29 is 9.90 Å². The summed E-state index contributed by atoms with van der Waals surface area (Å²) in [7, 11) is 0. The fourth-order valence-corrected chi connectivity index (χ4v) is 4.21. The molecule has 0 saturated heterocycles. The maximum atomic E-state index is 12.2. The van der Waals surface area contributed by atoms with Crippen molar-refractivity contribution in [1.29, 1.82) is 10.8 Å². The molecule has 9 nitrogen and oxygen atoms in total. The highest BCUT2D eigenvalue weighted by molar-refractivity contribution is 5.95. The van der Waals surface area contributed by atoms with E-state index in [4.69, 9.17) is 22.3 Å². The van der Waals surface area contributed by atoms with E-state index in [1.165, 1.54) is 4.90 Å². The van der Waals surface area contributed by atoms with Gasteiger partial charge in [-0.2, -0.15) is 0 Å². The van der Waals surface area contributed by atoms with Gasteiger partial charge in [-0.05, 0) is 60.2 Å². The number of imidazole rings is 1. The molecular formula is C27H32Cl3N7O2. The Bertz CT molecular complexity index is 1460. The molecule has 0 radical (unpaired) electrons. The summed E-state index contributed by atoms with van der Waals surface area (Å²) >= 11 is 0. The largest absolute Gasteiger partial charge is 0.465 e. The average molecular weight is 593 g/mol. The molecule has 4 aromatic rings. The normalized spacial score (nSPS) is 10.1. The van der Waals surface area contributed by atoms with Crippen LogP contribution in [0.3, 0.4) is 0 Å². The first-order valence-corrected chi connectivity index (χ1v) is 11.5.